The van der Waals surface area contributed by atoms with Crippen LogP contribution in [-0.2, 0) is 0 Å². The summed E-state index contributed by atoms with van der Waals surface area (Å²) in [5.74, 6) is 0.903. The number of fused-ring (bicyclic) bond motifs is 10. The Morgan fingerprint density at radius 1 is 0.312 bits per heavy atom. The van der Waals surface area contributed by atoms with Crippen molar-refractivity contribution in [1.29, 1.82) is 0 Å². The number of aromatic nitrogens is 2. The number of imidazole rings is 1. The summed E-state index contributed by atoms with van der Waals surface area (Å²) in [5.41, 5.74) is 15.0. The van der Waals surface area contributed by atoms with E-state index in [0.29, 0.717) is 0 Å². The molecule has 0 aliphatic rings. The highest BCUT2D eigenvalue weighted by molar-refractivity contribution is 6.25. The third-order valence-electron chi connectivity index (χ3n) is 13.0. The Morgan fingerprint density at radius 3 is 1.55 bits per heavy atom. The molecule has 298 valence electrons. The second-order valence-corrected chi connectivity index (χ2v) is 16.7. The first-order valence-electron chi connectivity index (χ1n) is 21.9. The van der Waals surface area contributed by atoms with E-state index in [1.54, 1.807) is 0 Å². The Labute approximate surface area is 369 Å². The van der Waals surface area contributed by atoms with Crippen LogP contribution in [0.5, 0.6) is 0 Å². The van der Waals surface area contributed by atoms with Gasteiger partial charge in [-0.1, -0.05) is 164 Å². The van der Waals surface area contributed by atoms with Crippen molar-refractivity contribution in [3.05, 3.63) is 231 Å². The first kappa shape index (κ1) is 36.2. The van der Waals surface area contributed by atoms with E-state index in [-0.39, 0.29) is 0 Å². The summed E-state index contributed by atoms with van der Waals surface area (Å²) in [6, 6.07) is 82.9. The molecular weight excluding hydrogens is 777 g/mol. The number of benzene rings is 11. The maximum absolute atomic E-state index is 6.65. The minimum absolute atomic E-state index is 0.861. The largest absolute Gasteiger partial charge is 0.456 e. The first-order valence-corrected chi connectivity index (χ1v) is 21.9. The molecule has 11 aromatic carbocycles. The molecule has 0 saturated carbocycles. The van der Waals surface area contributed by atoms with Crippen molar-refractivity contribution in [1.82, 2.24) is 9.55 Å². The van der Waals surface area contributed by atoms with Crippen molar-refractivity contribution in [3.8, 4) is 61.6 Å². The summed E-state index contributed by atoms with van der Waals surface area (Å²) in [6.07, 6.45) is 0. The summed E-state index contributed by atoms with van der Waals surface area (Å²) in [6.45, 7) is 0. The number of nitrogens with zero attached hydrogens (tertiary/aromatic N) is 2. The lowest BCUT2D eigenvalue weighted by atomic mass is 9.90. The van der Waals surface area contributed by atoms with Crippen LogP contribution in [0.15, 0.2) is 235 Å². The lowest BCUT2D eigenvalue weighted by Crippen LogP contribution is -1.97. The predicted octanol–water partition coefficient (Wildman–Crippen LogP) is 16.7. The summed E-state index contributed by atoms with van der Waals surface area (Å²) in [5, 5.41) is 9.91. The molecule has 0 bridgehead atoms. The Hall–Kier alpha value is -8.53. The number of furan rings is 1. The van der Waals surface area contributed by atoms with E-state index in [0.717, 1.165) is 77.9 Å². The van der Waals surface area contributed by atoms with Gasteiger partial charge in [-0.15, -0.1) is 0 Å². The lowest BCUT2D eigenvalue weighted by molar-refractivity contribution is 0.669. The van der Waals surface area contributed by atoms with Gasteiger partial charge in [-0.2, -0.15) is 0 Å². The van der Waals surface area contributed by atoms with Crippen LogP contribution in [0.2, 0.25) is 0 Å². The smallest absolute Gasteiger partial charge is 0.145 e. The van der Waals surface area contributed by atoms with Crippen molar-refractivity contribution < 1.29 is 4.42 Å². The van der Waals surface area contributed by atoms with Crippen LogP contribution in [0.25, 0.3) is 127 Å². The minimum Gasteiger partial charge on any atom is -0.456 e. The fourth-order valence-electron chi connectivity index (χ4n) is 9.98. The van der Waals surface area contributed by atoms with Gasteiger partial charge in [-0.3, -0.25) is 4.57 Å². The van der Waals surface area contributed by atoms with Crippen LogP contribution in [0.1, 0.15) is 0 Å². The zero-order valence-electron chi connectivity index (χ0n) is 34.7. The number of rotatable bonds is 6. The van der Waals surface area contributed by atoms with Gasteiger partial charge in [0.1, 0.15) is 17.0 Å². The Kier molecular flexibility index (Phi) is 8.22. The summed E-state index contributed by atoms with van der Waals surface area (Å²) < 4.78 is 8.91. The fourth-order valence-corrected chi connectivity index (χ4v) is 9.98. The standard InChI is InChI=1S/C61H38N2O/c1-2-21-47(22-3-1)63-57-29-10-9-28-56(57)62-61(63)45-20-14-18-42(35-45)46-37-54(60-53-27-8-11-30-58(53)64-59(60)38-46)44-19-13-17-41(34-44)39-15-12-16-40(33-39)43-31-32-52-50-25-5-4-23-48(50)49-24-6-7-26-51(49)55(52)36-43/h1-38H. The second-order valence-electron chi connectivity index (χ2n) is 16.7. The van der Waals surface area contributed by atoms with E-state index in [9.17, 15) is 0 Å². The van der Waals surface area contributed by atoms with Crippen LogP contribution >= 0.6 is 0 Å². The van der Waals surface area contributed by atoms with Crippen molar-refractivity contribution in [3.63, 3.8) is 0 Å². The van der Waals surface area contributed by atoms with Crippen LogP contribution < -0.4 is 0 Å². The summed E-state index contributed by atoms with van der Waals surface area (Å²) in [4.78, 5) is 5.18. The quantitative estimate of drug-likeness (QED) is 0.157. The third kappa shape index (κ3) is 5.86. The maximum atomic E-state index is 6.65. The van der Waals surface area contributed by atoms with Crippen LogP contribution in [0.4, 0.5) is 0 Å². The molecule has 0 N–H and O–H groups in total. The number of hydrogen-bond donors (Lipinski definition) is 0. The Morgan fingerprint density at radius 2 is 0.828 bits per heavy atom. The molecule has 0 saturated heterocycles. The number of para-hydroxylation sites is 4. The van der Waals surface area contributed by atoms with E-state index >= 15 is 0 Å². The molecule has 2 aromatic heterocycles. The molecule has 3 nitrogen and oxygen atoms in total. The molecule has 0 spiro atoms. The van der Waals surface area contributed by atoms with Crippen LogP contribution in [0.3, 0.4) is 0 Å². The Balaban J connectivity index is 0.932. The normalized spacial score (nSPS) is 11.8. The van der Waals surface area contributed by atoms with Gasteiger partial charge >= 0.3 is 0 Å². The molecule has 0 unspecified atom stereocenters. The average Bonchev–Trinajstić information content (AvgIpc) is 3.96. The molecule has 0 radical (unpaired) electrons. The van der Waals surface area contributed by atoms with E-state index in [1.165, 1.54) is 49.0 Å². The number of hydrogen-bond acceptors (Lipinski definition) is 2. The zero-order valence-corrected chi connectivity index (χ0v) is 34.7. The highest BCUT2D eigenvalue weighted by Gasteiger charge is 2.19. The molecule has 0 aliphatic heterocycles. The molecule has 0 amide bonds. The Bertz CT molecular complexity index is 3930. The highest BCUT2D eigenvalue weighted by Crippen LogP contribution is 2.43. The van der Waals surface area contributed by atoms with E-state index in [2.05, 4.69) is 223 Å². The average molecular weight is 815 g/mol. The minimum atomic E-state index is 0.861. The van der Waals surface area contributed by atoms with Gasteiger partial charge in [0.2, 0.25) is 0 Å². The van der Waals surface area contributed by atoms with Gasteiger partial charge in [-0.05, 0) is 144 Å². The topological polar surface area (TPSA) is 31.0 Å². The molecule has 13 aromatic rings. The molecule has 13 rings (SSSR count). The van der Waals surface area contributed by atoms with Crippen LogP contribution in [0, 0.1) is 0 Å². The van der Waals surface area contributed by atoms with Crippen molar-refractivity contribution in [2.75, 3.05) is 0 Å². The molecule has 0 aliphatic carbocycles. The molecule has 64 heavy (non-hydrogen) atoms. The summed E-state index contributed by atoms with van der Waals surface area (Å²) in [7, 11) is 0. The van der Waals surface area contributed by atoms with E-state index in [4.69, 9.17) is 9.40 Å². The van der Waals surface area contributed by atoms with Crippen molar-refractivity contribution in [2.24, 2.45) is 0 Å². The highest BCUT2D eigenvalue weighted by atomic mass is 16.3. The van der Waals surface area contributed by atoms with Crippen molar-refractivity contribution >= 4 is 65.3 Å². The first-order chi connectivity index (χ1) is 31.7. The molecule has 0 fully saturated rings. The van der Waals surface area contributed by atoms with Gasteiger partial charge in [0, 0.05) is 22.0 Å². The third-order valence-corrected chi connectivity index (χ3v) is 13.0. The molecule has 3 heteroatoms. The van der Waals surface area contributed by atoms with Gasteiger partial charge < -0.3 is 4.42 Å². The monoisotopic (exact) mass is 814 g/mol. The van der Waals surface area contributed by atoms with Crippen LogP contribution in [-0.4, -0.2) is 9.55 Å². The van der Waals surface area contributed by atoms with E-state index < -0.39 is 0 Å². The van der Waals surface area contributed by atoms with Gasteiger partial charge in [0.15, 0.2) is 0 Å². The summed E-state index contributed by atoms with van der Waals surface area (Å²) >= 11 is 0. The van der Waals surface area contributed by atoms with Gasteiger partial charge in [-0.25, -0.2) is 4.98 Å². The second kappa shape index (κ2) is 14.5. The van der Waals surface area contributed by atoms with E-state index in [1.807, 2.05) is 12.1 Å². The molecule has 0 atom stereocenters. The zero-order chi connectivity index (χ0) is 42.1. The van der Waals surface area contributed by atoms with Crippen molar-refractivity contribution in [2.45, 2.75) is 0 Å². The SMILES string of the molecule is c1ccc(-n2c(-c3cccc(-c4cc(-c5cccc(-c6cccc(-c7ccc8c9ccccc9c9ccccc9c8c7)c6)c5)c5c(c4)oc4ccccc45)c3)nc3ccccc32)cc1. The maximum Gasteiger partial charge on any atom is 0.145 e. The molecular formula is C61H38N2O. The fraction of sp³-hybridized carbons (Fsp3) is 0. The van der Waals surface area contributed by atoms with Gasteiger partial charge in [0.25, 0.3) is 0 Å². The predicted molar refractivity (Wildman–Crippen MR) is 268 cm³/mol. The lowest BCUT2D eigenvalue weighted by Gasteiger charge is -2.13. The van der Waals surface area contributed by atoms with Gasteiger partial charge in [0.05, 0.1) is 11.0 Å². The molecule has 2 heterocycles.